The van der Waals surface area contributed by atoms with Gasteiger partial charge in [-0.05, 0) is 44.7 Å². The van der Waals surface area contributed by atoms with E-state index in [0.717, 1.165) is 18.4 Å². The second kappa shape index (κ2) is 4.63. The van der Waals surface area contributed by atoms with Gasteiger partial charge in [0.1, 0.15) is 0 Å². The Morgan fingerprint density at radius 2 is 2.00 bits per heavy atom. The van der Waals surface area contributed by atoms with E-state index in [0.29, 0.717) is 5.54 Å². The van der Waals surface area contributed by atoms with E-state index in [4.69, 9.17) is 5.73 Å². The van der Waals surface area contributed by atoms with Crippen molar-refractivity contribution in [3.8, 4) is 0 Å². The summed E-state index contributed by atoms with van der Waals surface area (Å²) in [5.74, 6) is 1.67. The Bertz CT molecular complexity index is 171. The molecule has 2 heteroatoms. The first kappa shape index (κ1) is 12.0. The van der Waals surface area contributed by atoms with Crippen LogP contribution in [0.5, 0.6) is 0 Å². The third kappa shape index (κ3) is 2.48. The lowest BCUT2D eigenvalue weighted by Crippen LogP contribution is -2.60. The number of hydrogen-bond acceptors (Lipinski definition) is 2. The van der Waals surface area contributed by atoms with Crippen molar-refractivity contribution < 1.29 is 0 Å². The maximum atomic E-state index is 5.90. The SMILES string of the molecule is CC(C)CCN(C)C1(CN)CC(C)C1. The lowest BCUT2D eigenvalue weighted by Gasteiger charge is -2.52. The van der Waals surface area contributed by atoms with E-state index in [1.807, 2.05) is 0 Å². The van der Waals surface area contributed by atoms with Gasteiger partial charge in [0.2, 0.25) is 0 Å². The molecule has 1 aliphatic carbocycles. The summed E-state index contributed by atoms with van der Waals surface area (Å²) >= 11 is 0. The number of likely N-dealkylation sites (N-methyl/N-ethyl adjacent to an activating group) is 1. The Labute approximate surface area is 88.8 Å². The average molecular weight is 198 g/mol. The second-order valence-electron chi connectivity index (χ2n) is 5.55. The summed E-state index contributed by atoms with van der Waals surface area (Å²) in [5, 5.41) is 0. The highest BCUT2D eigenvalue weighted by Crippen LogP contribution is 2.40. The van der Waals surface area contributed by atoms with Crippen LogP contribution in [0.25, 0.3) is 0 Å². The standard InChI is InChI=1S/C12H26N2/c1-10(2)5-6-14(4)12(9-13)7-11(3)8-12/h10-11H,5-9,13H2,1-4H3. The van der Waals surface area contributed by atoms with E-state index in [2.05, 4.69) is 32.7 Å². The zero-order valence-corrected chi connectivity index (χ0v) is 10.2. The largest absolute Gasteiger partial charge is 0.329 e. The third-order valence-corrected chi connectivity index (χ3v) is 3.69. The van der Waals surface area contributed by atoms with Crippen molar-refractivity contribution in [3.63, 3.8) is 0 Å². The molecule has 0 aromatic rings. The fourth-order valence-corrected chi connectivity index (χ4v) is 2.56. The van der Waals surface area contributed by atoms with Gasteiger partial charge in [0.05, 0.1) is 0 Å². The highest BCUT2D eigenvalue weighted by molar-refractivity contribution is 5.01. The van der Waals surface area contributed by atoms with Gasteiger partial charge in [0.25, 0.3) is 0 Å². The Balaban J connectivity index is 2.37. The van der Waals surface area contributed by atoms with E-state index in [9.17, 15) is 0 Å². The van der Waals surface area contributed by atoms with Gasteiger partial charge in [-0.3, -0.25) is 4.90 Å². The van der Waals surface area contributed by atoms with Crippen LogP contribution in [0.15, 0.2) is 0 Å². The molecule has 0 saturated heterocycles. The predicted octanol–water partition coefficient (Wildman–Crippen LogP) is 2.09. The van der Waals surface area contributed by atoms with E-state index < -0.39 is 0 Å². The first-order chi connectivity index (χ1) is 6.50. The number of nitrogens with two attached hydrogens (primary N) is 1. The molecule has 0 aromatic heterocycles. The molecule has 0 spiro atoms. The molecule has 1 aliphatic rings. The number of nitrogens with zero attached hydrogens (tertiary/aromatic N) is 1. The van der Waals surface area contributed by atoms with Crippen LogP contribution in [0.1, 0.15) is 40.0 Å². The summed E-state index contributed by atoms with van der Waals surface area (Å²) in [6.45, 7) is 8.91. The van der Waals surface area contributed by atoms with E-state index in [-0.39, 0.29) is 0 Å². The summed E-state index contributed by atoms with van der Waals surface area (Å²) in [6.07, 6.45) is 3.86. The van der Waals surface area contributed by atoms with Crippen LogP contribution in [0.4, 0.5) is 0 Å². The van der Waals surface area contributed by atoms with E-state index in [1.54, 1.807) is 0 Å². The van der Waals surface area contributed by atoms with Gasteiger partial charge in [-0.2, -0.15) is 0 Å². The Morgan fingerprint density at radius 1 is 1.43 bits per heavy atom. The van der Waals surface area contributed by atoms with Crippen LogP contribution in [-0.2, 0) is 0 Å². The molecule has 1 fully saturated rings. The summed E-state index contributed by atoms with van der Waals surface area (Å²) in [5.41, 5.74) is 6.24. The predicted molar refractivity (Wildman–Crippen MR) is 62.3 cm³/mol. The van der Waals surface area contributed by atoms with Crippen molar-refractivity contribution >= 4 is 0 Å². The number of hydrogen-bond donors (Lipinski definition) is 1. The highest BCUT2D eigenvalue weighted by Gasteiger charge is 2.43. The minimum atomic E-state index is 0.342. The van der Waals surface area contributed by atoms with Crippen molar-refractivity contribution in [2.24, 2.45) is 17.6 Å². The van der Waals surface area contributed by atoms with Gasteiger partial charge >= 0.3 is 0 Å². The number of rotatable bonds is 5. The summed E-state index contributed by atoms with van der Waals surface area (Å²) in [6, 6.07) is 0. The van der Waals surface area contributed by atoms with Gasteiger partial charge < -0.3 is 5.73 Å². The smallest absolute Gasteiger partial charge is 0.0333 e. The first-order valence-corrected chi connectivity index (χ1v) is 5.91. The van der Waals surface area contributed by atoms with Crippen molar-refractivity contribution in [2.75, 3.05) is 20.1 Å². The molecule has 84 valence electrons. The molecule has 14 heavy (non-hydrogen) atoms. The zero-order valence-electron chi connectivity index (χ0n) is 10.2. The van der Waals surface area contributed by atoms with Gasteiger partial charge in [-0.1, -0.05) is 20.8 Å². The first-order valence-electron chi connectivity index (χ1n) is 5.91. The molecule has 0 amide bonds. The molecule has 2 nitrogen and oxygen atoms in total. The van der Waals surface area contributed by atoms with Gasteiger partial charge in [0, 0.05) is 12.1 Å². The van der Waals surface area contributed by atoms with Gasteiger partial charge in [0.15, 0.2) is 0 Å². The van der Waals surface area contributed by atoms with Crippen LogP contribution in [0.3, 0.4) is 0 Å². The van der Waals surface area contributed by atoms with Gasteiger partial charge in [-0.25, -0.2) is 0 Å². The fraction of sp³-hybridized carbons (Fsp3) is 1.00. The zero-order chi connectivity index (χ0) is 10.8. The van der Waals surface area contributed by atoms with Crippen molar-refractivity contribution in [2.45, 2.75) is 45.6 Å². The van der Waals surface area contributed by atoms with E-state index >= 15 is 0 Å². The highest BCUT2D eigenvalue weighted by atomic mass is 15.2. The van der Waals surface area contributed by atoms with Crippen LogP contribution >= 0.6 is 0 Å². The molecule has 0 radical (unpaired) electrons. The summed E-state index contributed by atoms with van der Waals surface area (Å²) in [7, 11) is 2.24. The summed E-state index contributed by atoms with van der Waals surface area (Å²) < 4.78 is 0. The molecule has 0 aliphatic heterocycles. The monoisotopic (exact) mass is 198 g/mol. The molecular weight excluding hydrogens is 172 g/mol. The normalized spacial score (nSPS) is 32.4. The minimum Gasteiger partial charge on any atom is -0.329 e. The third-order valence-electron chi connectivity index (χ3n) is 3.69. The van der Waals surface area contributed by atoms with Crippen LogP contribution in [-0.4, -0.2) is 30.6 Å². The fourth-order valence-electron chi connectivity index (χ4n) is 2.56. The quantitative estimate of drug-likeness (QED) is 0.733. The summed E-state index contributed by atoms with van der Waals surface area (Å²) in [4.78, 5) is 2.49. The topological polar surface area (TPSA) is 29.3 Å². The molecule has 0 heterocycles. The second-order valence-corrected chi connectivity index (χ2v) is 5.55. The molecule has 0 bridgehead atoms. The molecule has 2 N–H and O–H groups in total. The van der Waals surface area contributed by atoms with Crippen LogP contribution < -0.4 is 5.73 Å². The van der Waals surface area contributed by atoms with Crippen molar-refractivity contribution in [3.05, 3.63) is 0 Å². The minimum absolute atomic E-state index is 0.342. The van der Waals surface area contributed by atoms with Crippen LogP contribution in [0, 0.1) is 11.8 Å². The lowest BCUT2D eigenvalue weighted by molar-refractivity contribution is 0.00341. The Kier molecular flexibility index (Phi) is 3.96. The Morgan fingerprint density at radius 3 is 2.36 bits per heavy atom. The molecule has 1 saturated carbocycles. The maximum absolute atomic E-state index is 5.90. The molecule has 1 rings (SSSR count). The lowest BCUT2D eigenvalue weighted by atomic mass is 9.68. The van der Waals surface area contributed by atoms with Crippen molar-refractivity contribution in [1.82, 2.24) is 4.90 Å². The maximum Gasteiger partial charge on any atom is 0.0333 e. The molecule has 0 unspecified atom stereocenters. The molecular formula is C12H26N2. The van der Waals surface area contributed by atoms with Gasteiger partial charge in [-0.15, -0.1) is 0 Å². The average Bonchev–Trinajstić information content (AvgIpc) is 2.08. The Hall–Kier alpha value is -0.0800. The molecule has 0 aromatic carbocycles. The molecule has 0 atom stereocenters. The van der Waals surface area contributed by atoms with Crippen LogP contribution in [0.2, 0.25) is 0 Å². The van der Waals surface area contributed by atoms with Crippen molar-refractivity contribution in [1.29, 1.82) is 0 Å². The van der Waals surface area contributed by atoms with E-state index in [1.165, 1.54) is 25.8 Å².